The first-order valence-corrected chi connectivity index (χ1v) is 9.83. The first-order valence-electron chi connectivity index (χ1n) is 9.83. The molecule has 3 atom stereocenters. The Kier molecular flexibility index (Phi) is 7.31. The molecule has 2 heterocycles. The molecular formula is C20H36N4O3. The molecule has 154 valence electrons. The zero-order valence-corrected chi connectivity index (χ0v) is 17.6. The Morgan fingerprint density at radius 2 is 1.93 bits per heavy atom. The minimum atomic E-state index is -1.11. The van der Waals surface area contributed by atoms with Crippen LogP contribution in [0.25, 0.3) is 0 Å². The van der Waals surface area contributed by atoms with Crippen LogP contribution in [-0.4, -0.2) is 66.4 Å². The van der Waals surface area contributed by atoms with Crippen molar-refractivity contribution >= 4 is 5.96 Å². The highest BCUT2D eigenvalue weighted by molar-refractivity contribution is 5.79. The number of ether oxygens (including phenoxy) is 1. The van der Waals surface area contributed by atoms with Gasteiger partial charge in [-0.1, -0.05) is 0 Å². The van der Waals surface area contributed by atoms with Gasteiger partial charge in [0.1, 0.15) is 11.4 Å². The zero-order chi connectivity index (χ0) is 20.1. The molecule has 2 rings (SSSR count). The molecule has 0 saturated carbocycles. The van der Waals surface area contributed by atoms with Gasteiger partial charge in [0.15, 0.2) is 5.96 Å². The van der Waals surface area contributed by atoms with E-state index in [0.717, 1.165) is 19.6 Å². The lowest BCUT2D eigenvalue weighted by Crippen LogP contribution is -2.56. The number of aliphatic imine (C=N–C) groups is 1. The lowest BCUT2D eigenvalue weighted by atomic mass is 10.0. The smallest absolute Gasteiger partial charge is 0.191 e. The summed E-state index contributed by atoms with van der Waals surface area (Å²) in [7, 11) is 0. The summed E-state index contributed by atoms with van der Waals surface area (Å²) in [4.78, 5) is 7.21. The molecule has 1 fully saturated rings. The number of nitrogens with zero attached hydrogens (tertiary/aromatic N) is 2. The summed E-state index contributed by atoms with van der Waals surface area (Å²) in [6.45, 7) is 15.9. The van der Waals surface area contributed by atoms with Gasteiger partial charge in [0.05, 0.1) is 31.6 Å². The third-order valence-corrected chi connectivity index (χ3v) is 4.90. The molecule has 1 aliphatic heterocycles. The summed E-state index contributed by atoms with van der Waals surface area (Å²) < 4.78 is 11.2. The van der Waals surface area contributed by atoms with Crippen molar-refractivity contribution in [2.75, 3.05) is 32.7 Å². The molecule has 0 radical (unpaired) electrons. The van der Waals surface area contributed by atoms with Gasteiger partial charge >= 0.3 is 0 Å². The number of hydrogen-bond acceptors (Lipinski definition) is 5. The van der Waals surface area contributed by atoms with Crippen molar-refractivity contribution in [3.8, 4) is 0 Å². The Labute approximate surface area is 163 Å². The monoisotopic (exact) mass is 380 g/mol. The Hall–Kier alpha value is -1.57. The van der Waals surface area contributed by atoms with Crippen molar-refractivity contribution < 1.29 is 14.3 Å². The highest BCUT2D eigenvalue weighted by atomic mass is 16.5. The molecule has 0 bridgehead atoms. The van der Waals surface area contributed by atoms with E-state index < -0.39 is 5.60 Å². The van der Waals surface area contributed by atoms with Gasteiger partial charge in [-0.3, -0.25) is 9.89 Å². The quantitative estimate of drug-likeness (QED) is 0.495. The van der Waals surface area contributed by atoms with E-state index in [9.17, 15) is 5.11 Å². The molecule has 27 heavy (non-hydrogen) atoms. The maximum Gasteiger partial charge on any atom is 0.191 e. The fourth-order valence-corrected chi connectivity index (χ4v) is 3.31. The van der Waals surface area contributed by atoms with E-state index in [4.69, 9.17) is 14.1 Å². The number of guanidine groups is 1. The van der Waals surface area contributed by atoms with E-state index in [0.29, 0.717) is 24.8 Å². The summed E-state index contributed by atoms with van der Waals surface area (Å²) in [5.41, 5.74) is -1.19. The van der Waals surface area contributed by atoms with Crippen molar-refractivity contribution in [1.82, 2.24) is 15.5 Å². The number of furan rings is 1. The van der Waals surface area contributed by atoms with E-state index in [1.54, 1.807) is 25.3 Å². The first-order chi connectivity index (χ1) is 12.6. The number of nitrogens with one attached hydrogen (secondary N) is 2. The van der Waals surface area contributed by atoms with Crippen LogP contribution >= 0.6 is 0 Å². The maximum atomic E-state index is 10.6. The van der Waals surface area contributed by atoms with Gasteiger partial charge in [-0.15, -0.1) is 0 Å². The van der Waals surface area contributed by atoms with Crippen LogP contribution in [0.5, 0.6) is 0 Å². The standard InChI is InChI=1S/C20H36N4O3/c1-7-21-18(23-14-20(6,25)17-9-8-10-26-17)22-13-19(4,5)24-11-15(2)27-16(3)12-24/h8-10,15-16,25H,7,11-14H2,1-6H3,(H2,21,22,23). The fourth-order valence-electron chi connectivity index (χ4n) is 3.31. The Balaban J connectivity index is 1.99. The second-order valence-corrected chi connectivity index (χ2v) is 8.27. The molecular weight excluding hydrogens is 344 g/mol. The van der Waals surface area contributed by atoms with Crippen LogP contribution in [0.4, 0.5) is 0 Å². The highest BCUT2D eigenvalue weighted by Crippen LogP contribution is 2.22. The number of morpholine rings is 1. The van der Waals surface area contributed by atoms with E-state index in [2.05, 4.69) is 43.2 Å². The summed E-state index contributed by atoms with van der Waals surface area (Å²) in [5, 5.41) is 17.1. The fraction of sp³-hybridized carbons (Fsp3) is 0.750. The van der Waals surface area contributed by atoms with Crippen LogP contribution < -0.4 is 10.6 Å². The van der Waals surface area contributed by atoms with Crippen molar-refractivity contribution in [2.24, 2.45) is 4.99 Å². The van der Waals surface area contributed by atoms with E-state index in [1.807, 2.05) is 6.92 Å². The lowest BCUT2D eigenvalue weighted by Gasteiger charge is -2.44. The molecule has 7 heteroatoms. The predicted octanol–water partition coefficient (Wildman–Crippen LogP) is 1.93. The second kappa shape index (κ2) is 9.08. The maximum absolute atomic E-state index is 10.6. The van der Waals surface area contributed by atoms with Gasteiger partial charge in [-0.05, 0) is 53.7 Å². The van der Waals surface area contributed by atoms with Crippen molar-refractivity contribution in [1.29, 1.82) is 0 Å². The van der Waals surface area contributed by atoms with Gasteiger partial charge in [0.2, 0.25) is 0 Å². The van der Waals surface area contributed by atoms with E-state index in [1.165, 1.54) is 0 Å². The Morgan fingerprint density at radius 1 is 1.26 bits per heavy atom. The van der Waals surface area contributed by atoms with E-state index >= 15 is 0 Å². The molecule has 0 spiro atoms. The lowest BCUT2D eigenvalue weighted by molar-refractivity contribution is -0.0939. The van der Waals surface area contributed by atoms with Crippen molar-refractivity contribution in [3.63, 3.8) is 0 Å². The SMILES string of the molecule is CCNC(=NCC(C)(C)N1CC(C)OC(C)C1)NCC(C)(O)c1ccco1. The second-order valence-electron chi connectivity index (χ2n) is 8.27. The van der Waals surface area contributed by atoms with E-state index in [-0.39, 0.29) is 17.7 Å². The molecule has 3 unspecified atom stereocenters. The normalized spacial score (nSPS) is 24.5. The Morgan fingerprint density at radius 3 is 2.48 bits per heavy atom. The van der Waals surface area contributed by atoms with Gasteiger partial charge in [0, 0.05) is 25.2 Å². The van der Waals surface area contributed by atoms with Gasteiger partial charge in [-0.2, -0.15) is 0 Å². The van der Waals surface area contributed by atoms with Crippen LogP contribution in [0.15, 0.2) is 27.8 Å². The molecule has 0 amide bonds. The highest BCUT2D eigenvalue weighted by Gasteiger charge is 2.33. The number of rotatable bonds is 7. The summed E-state index contributed by atoms with van der Waals surface area (Å²) >= 11 is 0. The molecule has 1 aliphatic rings. The van der Waals surface area contributed by atoms with Gasteiger partial charge < -0.3 is 24.9 Å². The number of hydrogen-bond donors (Lipinski definition) is 3. The molecule has 7 nitrogen and oxygen atoms in total. The largest absolute Gasteiger partial charge is 0.466 e. The first kappa shape index (κ1) is 21.7. The van der Waals surface area contributed by atoms with Crippen LogP contribution in [0, 0.1) is 0 Å². The number of aliphatic hydroxyl groups is 1. The topological polar surface area (TPSA) is 82.3 Å². The van der Waals surface area contributed by atoms with Crippen LogP contribution in [0.1, 0.15) is 47.3 Å². The van der Waals surface area contributed by atoms with Crippen LogP contribution in [0.2, 0.25) is 0 Å². The van der Waals surface area contributed by atoms with Crippen molar-refractivity contribution in [3.05, 3.63) is 24.2 Å². The van der Waals surface area contributed by atoms with Crippen LogP contribution in [0.3, 0.4) is 0 Å². The summed E-state index contributed by atoms with van der Waals surface area (Å²) in [6.07, 6.45) is 2.02. The van der Waals surface area contributed by atoms with Gasteiger partial charge in [0.25, 0.3) is 0 Å². The molecule has 0 aromatic carbocycles. The molecule has 0 aliphatic carbocycles. The molecule has 3 N–H and O–H groups in total. The minimum Gasteiger partial charge on any atom is -0.466 e. The minimum absolute atomic E-state index is 0.0851. The molecule has 1 saturated heterocycles. The zero-order valence-electron chi connectivity index (χ0n) is 17.6. The third-order valence-electron chi connectivity index (χ3n) is 4.90. The predicted molar refractivity (Wildman–Crippen MR) is 108 cm³/mol. The summed E-state index contributed by atoms with van der Waals surface area (Å²) in [5.74, 6) is 1.22. The third kappa shape index (κ3) is 6.23. The average Bonchev–Trinajstić information content (AvgIpc) is 3.12. The molecule has 1 aromatic heterocycles. The molecule has 1 aromatic rings. The average molecular weight is 381 g/mol. The van der Waals surface area contributed by atoms with Crippen molar-refractivity contribution in [2.45, 2.75) is 64.9 Å². The summed E-state index contributed by atoms with van der Waals surface area (Å²) in [6, 6.07) is 3.55. The Bertz CT molecular complexity index is 588. The van der Waals surface area contributed by atoms with Gasteiger partial charge in [-0.25, -0.2) is 0 Å². The van der Waals surface area contributed by atoms with Crippen LogP contribution in [-0.2, 0) is 10.3 Å².